The Labute approximate surface area is 121 Å². The lowest BCUT2D eigenvalue weighted by molar-refractivity contribution is 0.0600. The van der Waals surface area contributed by atoms with Crippen LogP contribution in [-0.2, 0) is 11.3 Å². The second-order valence-electron chi connectivity index (χ2n) is 4.25. The molecule has 0 saturated heterocycles. The Morgan fingerprint density at radius 1 is 1.19 bits per heavy atom. The number of esters is 1. The molecule has 0 aliphatic heterocycles. The molecule has 0 spiro atoms. The Kier molecular flexibility index (Phi) is 4.50. The van der Waals surface area contributed by atoms with E-state index in [9.17, 15) is 9.59 Å². The first-order chi connectivity index (χ1) is 10.1. The van der Waals surface area contributed by atoms with Crippen LogP contribution in [0.2, 0.25) is 0 Å². The summed E-state index contributed by atoms with van der Waals surface area (Å²) in [6.45, 7) is 0.207. The van der Waals surface area contributed by atoms with Crippen molar-refractivity contribution in [2.45, 2.75) is 6.61 Å². The average molecular weight is 286 g/mol. The summed E-state index contributed by atoms with van der Waals surface area (Å²) in [5, 5.41) is 0. The van der Waals surface area contributed by atoms with Crippen molar-refractivity contribution in [3.8, 4) is 5.75 Å². The van der Waals surface area contributed by atoms with E-state index < -0.39 is 11.9 Å². The van der Waals surface area contributed by atoms with Gasteiger partial charge in [0.1, 0.15) is 12.4 Å². The van der Waals surface area contributed by atoms with Crippen LogP contribution in [0.4, 0.5) is 0 Å². The Balaban J connectivity index is 2.08. The molecule has 21 heavy (non-hydrogen) atoms. The van der Waals surface area contributed by atoms with E-state index >= 15 is 0 Å². The summed E-state index contributed by atoms with van der Waals surface area (Å²) in [5.41, 5.74) is 6.61. The van der Waals surface area contributed by atoms with E-state index in [0.717, 1.165) is 0 Å². The number of amides is 1. The van der Waals surface area contributed by atoms with Crippen molar-refractivity contribution in [3.05, 3.63) is 59.4 Å². The summed E-state index contributed by atoms with van der Waals surface area (Å²) in [5.74, 6) is -0.461. The van der Waals surface area contributed by atoms with Gasteiger partial charge in [-0.1, -0.05) is 6.07 Å². The van der Waals surface area contributed by atoms with Crippen molar-refractivity contribution >= 4 is 11.9 Å². The molecule has 2 rings (SSSR count). The summed E-state index contributed by atoms with van der Waals surface area (Å²) in [6, 6.07) is 8.24. The summed E-state index contributed by atoms with van der Waals surface area (Å²) < 4.78 is 10.2. The average Bonchev–Trinajstić information content (AvgIpc) is 2.52. The van der Waals surface area contributed by atoms with E-state index in [1.807, 2.05) is 0 Å². The molecule has 1 aromatic heterocycles. The maximum absolute atomic E-state index is 11.4. The van der Waals surface area contributed by atoms with E-state index in [2.05, 4.69) is 9.72 Å². The number of ether oxygens (including phenoxy) is 2. The van der Waals surface area contributed by atoms with E-state index in [1.54, 1.807) is 36.5 Å². The van der Waals surface area contributed by atoms with Gasteiger partial charge in [0.15, 0.2) is 0 Å². The van der Waals surface area contributed by atoms with Crippen LogP contribution in [0, 0.1) is 0 Å². The first-order valence-electron chi connectivity index (χ1n) is 6.15. The highest BCUT2D eigenvalue weighted by Crippen LogP contribution is 2.16. The van der Waals surface area contributed by atoms with E-state index in [-0.39, 0.29) is 6.61 Å². The molecule has 0 radical (unpaired) electrons. The molecule has 2 N–H and O–H groups in total. The third kappa shape index (κ3) is 3.79. The maximum atomic E-state index is 11.4. The van der Waals surface area contributed by atoms with Crippen LogP contribution in [-0.4, -0.2) is 24.0 Å². The van der Waals surface area contributed by atoms with Crippen LogP contribution in [0.5, 0.6) is 5.75 Å². The molecule has 1 aromatic carbocycles. The van der Waals surface area contributed by atoms with Gasteiger partial charge in [-0.3, -0.25) is 9.78 Å². The van der Waals surface area contributed by atoms with Crippen LogP contribution in [0.15, 0.2) is 42.7 Å². The lowest BCUT2D eigenvalue weighted by Crippen LogP contribution is -2.12. The van der Waals surface area contributed by atoms with Crippen LogP contribution in [0.25, 0.3) is 0 Å². The molecule has 0 atom stereocenters. The number of nitrogens with zero attached hydrogens (tertiary/aromatic N) is 1. The molecule has 6 nitrogen and oxygen atoms in total. The van der Waals surface area contributed by atoms with Crippen molar-refractivity contribution in [2.24, 2.45) is 5.73 Å². The number of aromatic nitrogens is 1. The number of benzene rings is 1. The highest BCUT2D eigenvalue weighted by Gasteiger charge is 2.07. The van der Waals surface area contributed by atoms with Gasteiger partial charge in [0, 0.05) is 18.0 Å². The fourth-order valence-corrected chi connectivity index (χ4v) is 1.70. The monoisotopic (exact) mass is 286 g/mol. The standard InChI is InChI=1S/C15H14N2O4/c1-20-15(19)11-3-2-4-13(6-11)21-9-10-5-12(14(16)18)8-17-7-10/h2-8H,9H2,1H3,(H2,16,18). The third-order valence-electron chi connectivity index (χ3n) is 2.74. The summed E-state index contributed by atoms with van der Waals surface area (Å²) in [7, 11) is 1.32. The van der Waals surface area contributed by atoms with Gasteiger partial charge in [-0.05, 0) is 24.3 Å². The van der Waals surface area contributed by atoms with E-state index in [1.165, 1.54) is 13.3 Å². The predicted molar refractivity (Wildman–Crippen MR) is 74.9 cm³/mol. The molecule has 6 heteroatoms. The molecular weight excluding hydrogens is 272 g/mol. The first kappa shape index (κ1) is 14.5. The van der Waals surface area contributed by atoms with Gasteiger partial charge in [-0.2, -0.15) is 0 Å². The Bertz CT molecular complexity index is 670. The molecule has 0 fully saturated rings. The second kappa shape index (κ2) is 6.51. The Morgan fingerprint density at radius 3 is 2.71 bits per heavy atom. The van der Waals surface area contributed by atoms with Gasteiger partial charge in [0.2, 0.25) is 5.91 Å². The zero-order valence-electron chi connectivity index (χ0n) is 11.4. The van der Waals surface area contributed by atoms with Crippen molar-refractivity contribution < 1.29 is 19.1 Å². The van der Waals surface area contributed by atoms with Crippen molar-refractivity contribution in [3.63, 3.8) is 0 Å². The minimum absolute atomic E-state index is 0.207. The number of carbonyl (C=O) groups excluding carboxylic acids is 2. The molecule has 0 aliphatic carbocycles. The molecule has 1 amide bonds. The summed E-state index contributed by atoms with van der Waals surface area (Å²) in [6.07, 6.45) is 2.97. The number of carbonyl (C=O) groups is 2. The molecule has 108 valence electrons. The number of primary amides is 1. The maximum Gasteiger partial charge on any atom is 0.337 e. The van der Waals surface area contributed by atoms with Gasteiger partial charge in [0.25, 0.3) is 0 Å². The molecule has 0 unspecified atom stereocenters. The molecule has 1 heterocycles. The number of methoxy groups -OCH3 is 1. The number of nitrogens with two attached hydrogens (primary N) is 1. The van der Waals surface area contributed by atoms with Crippen LogP contribution >= 0.6 is 0 Å². The van der Waals surface area contributed by atoms with Gasteiger partial charge in [-0.25, -0.2) is 4.79 Å². The zero-order valence-corrected chi connectivity index (χ0v) is 11.4. The molecule has 0 saturated carbocycles. The topological polar surface area (TPSA) is 91.5 Å². The number of rotatable bonds is 5. The third-order valence-corrected chi connectivity index (χ3v) is 2.74. The van der Waals surface area contributed by atoms with Crippen LogP contribution in [0.3, 0.4) is 0 Å². The Morgan fingerprint density at radius 2 is 2.00 bits per heavy atom. The van der Waals surface area contributed by atoms with E-state index in [0.29, 0.717) is 22.4 Å². The number of hydrogen-bond acceptors (Lipinski definition) is 5. The van der Waals surface area contributed by atoms with Crippen molar-refractivity contribution in [2.75, 3.05) is 7.11 Å². The first-order valence-corrected chi connectivity index (χ1v) is 6.15. The minimum Gasteiger partial charge on any atom is -0.489 e. The second-order valence-corrected chi connectivity index (χ2v) is 4.25. The highest BCUT2D eigenvalue weighted by molar-refractivity contribution is 5.92. The van der Waals surface area contributed by atoms with Gasteiger partial charge < -0.3 is 15.2 Å². The zero-order chi connectivity index (χ0) is 15.2. The minimum atomic E-state index is -0.544. The smallest absolute Gasteiger partial charge is 0.337 e. The lowest BCUT2D eigenvalue weighted by atomic mass is 10.2. The lowest BCUT2D eigenvalue weighted by Gasteiger charge is -2.08. The fourth-order valence-electron chi connectivity index (χ4n) is 1.70. The van der Waals surface area contributed by atoms with Crippen LogP contribution < -0.4 is 10.5 Å². The van der Waals surface area contributed by atoms with Gasteiger partial charge >= 0.3 is 5.97 Å². The molecule has 2 aromatic rings. The van der Waals surface area contributed by atoms with Crippen molar-refractivity contribution in [1.29, 1.82) is 0 Å². The SMILES string of the molecule is COC(=O)c1cccc(OCc2cncc(C(N)=O)c2)c1. The number of hydrogen-bond donors (Lipinski definition) is 1. The predicted octanol–water partition coefficient (Wildman–Crippen LogP) is 1.55. The van der Waals surface area contributed by atoms with Crippen LogP contribution in [0.1, 0.15) is 26.3 Å². The normalized spacial score (nSPS) is 9.95. The highest BCUT2D eigenvalue weighted by atomic mass is 16.5. The van der Waals surface area contributed by atoms with Gasteiger partial charge in [0.05, 0.1) is 18.2 Å². The fraction of sp³-hybridized carbons (Fsp3) is 0.133. The van der Waals surface area contributed by atoms with Crippen molar-refractivity contribution in [1.82, 2.24) is 4.98 Å². The molecular formula is C15H14N2O4. The van der Waals surface area contributed by atoms with E-state index in [4.69, 9.17) is 10.5 Å². The summed E-state index contributed by atoms with van der Waals surface area (Å²) in [4.78, 5) is 26.4. The molecule has 0 aliphatic rings. The van der Waals surface area contributed by atoms with Gasteiger partial charge in [-0.15, -0.1) is 0 Å². The quantitative estimate of drug-likeness (QED) is 0.842. The Hall–Kier alpha value is -2.89. The largest absolute Gasteiger partial charge is 0.489 e. The number of pyridine rings is 1. The summed E-state index contributed by atoms with van der Waals surface area (Å²) >= 11 is 0. The molecule has 0 bridgehead atoms.